The maximum atomic E-state index is 12.0. The molecule has 0 fully saturated rings. The molecule has 0 aliphatic rings. The van der Waals surface area contributed by atoms with Crippen LogP contribution >= 0.6 is 11.6 Å². The van der Waals surface area contributed by atoms with Gasteiger partial charge in [0.1, 0.15) is 5.88 Å². The molecule has 0 atom stereocenters. The monoisotopic (exact) mass is 348 g/mol. The molecule has 0 aliphatic carbocycles. The largest absolute Gasteiger partial charge is 0.323 e. The van der Waals surface area contributed by atoms with Crippen molar-refractivity contribution in [2.24, 2.45) is 0 Å². The molecule has 0 spiro atoms. The first-order chi connectivity index (χ1) is 11.5. The van der Waals surface area contributed by atoms with Crippen molar-refractivity contribution in [1.82, 2.24) is 0 Å². The second-order valence-electron chi connectivity index (χ2n) is 4.61. The van der Waals surface area contributed by atoms with Crippen LogP contribution in [-0.2, 0) is 4.79 Å². The molecule has 2 aromatic rings. The number of alkyl halides is 1. The molecule has 124 valence electrons. The zero-order valence-electron chi connectivity index (χ0n) is 12.3. The highest BCUT2D eigenvalue weighted by Crippen LogP contribution is 2.21. The van der Waals surface area contributed by atoms with Gasteiger partial charge < -0.3 is 16.0 Å². The van der Waals surface area contributed by atoms with E-state index < -0.39 is 16.9 Å². The van der Waals surface area contributed by atoms with E-state index in [-0.39, 0.29) is 11.6 Å². The molecule has 3 N–H and O–H groups in total. The number of benzene rings is 2. The first-order valence-corrected chi connectivity index (χ1v) is 7.30. The SMILES string of the molecule is O=C(CCl)Nc1ccccc1NC(=O)Nc1ccc([N+](=O)[O-])cc1. The smallest absolute Gasteiger partial charge is 0.323 e. The van der Waals surface area contributed by atoms with E-state index in [1.54, 1.807) is 24.3 Å². The van der Waals surface area contributed by atoms with Crippen LogP contribution in [0.2, 0.25) is 0 Å². The van der Waals surface area contributed by atoms with Crippen molar-refractivity contribution in [1.29, 1.82) is 0 Å². The molecule has 0 saturated carbocycles. The Morgan fingerprint density at radius 2 is 1.54 bits per heavy atom. The Labute approximate surface area is 142 Å². The molecule has 0 aromatic heterocycles. The van der Waals surface area contributed by atoms with Gasteiger partial charge in [-0.2, -0.15) is 0 Å². The van der Waals surface area contributed by atoms with E-state index in [1.807, 2.05) is 0 Å². The molecule has 2 aromatic carbocycles. The van der Waals surface area contributed by atoms with Gasteiger partial charge in [-0.15, -0.1) is 11.6 Å². The molecule has 0 unspecified atom stereocenters. The van der Waals surface area contributed by atoms with Gasteiger partial charge >= 0.3 is 6.03 Å². The lowest BCUT2D eigenvalue weighted by molar-refractivity contribution is -0.384. The number of carbonyl (C=O) groups excluding carboxylic acids is 2. The van der Waals surface area contributed by atoms with Gasteiger partial charge in [0.25, 0.3) is 5.69 Å². The minimum Gasteiger partial charge on any atom is -0.323 e. The Morgan fingerprint density at radius 3 is 2.08 bits per heavy atom. The van der Waals surface area contributed by atoms with Gasteiger partial charge in [0, 0.05) is 17.8 Å². The highest BCUT2D eigenvalue weighted by Gasteiger charge is 2.10. The first-order valence-electron chi connectivity index (χ1n) is 6.77. The summed E-state index contributed by atoms with van der Waals surface area (Å²) < 4.78 is 0. The number of para-hydroxylation sites is 2. The molecule has 0 radical (unpaired) electrons. The van der Waals surface area contributed by atoms with Crippen LogP contribution in [0.3, 0.4) is 0 Å². The number of nitro benzene ring substituents is 1. The molecule has 8 nitrogen and oxygen atoms in total. The normalized spacial score (nSPS) is 9.88. The predicted octanol–water partition coefficient (Wildman–Crippen LogP) is 3.42. The summed E-state index contributed by atoms with van der Waals surface area (Å²) >= 11 is 5.44. The molecule has 0 aliphatic heterocycles. The fraction of sp³-hybridized carbons (Fsp3) is 0.0667. The minimum absolute atomic E-state index is 0.0740. The number of hydrogen-bond acceptors (Lipinski definition) is 4. The van der Waals surface area contributed by atoms with Gasteiger partial charge in [0.05, 0.1) is 16.3 Å². The lowest BCUT2D eigenvalue weighted by Crippen LogP contribution is -2.21. The fourth-order valence-electron chi connectivity index (χ4n) is 1.84. The average molecular weight is 349 g/mol. The fourth-order valence-corrected chi connectivity index (χ4v) is 1.90. The topological polar surface area (TPSA) is 113 Å². The first kappa shape index (κ1) is 17.2. The number of hydrogen-bond donors (Lipinski definition) is 3. The zero-order valence-corrected chi connectivity index (χ0v) is 13.0. The third-order valence-electron chi connectivity index (χ3n) is 2.91. The van der Waals surface area contributed by atoms with E-state index in [9.17, 15) is 19.7 Å². The van der Waals surface area contributed by atoms with Crippen molar-refractivity contribution < 1.29 is 14.5 Å². The summed E-state index contributed by atoms with van der Waals surface area (Å²) in [4.78, 5) is 33.4. The van der Waals surface area contributed by atoms with Crippen molar-refractivity contribution in [3.8, 4) is 0 Å². The lowest BCUT2D eigenvalue weighted by Gasteiger charge is -2.12. The molecule has 0 heterocycles. The summed E-state index contributed by atoms with van der Waals surface area (Å²) in [6, 6.07) is 11.5. The van der Waals surface area contributed by atoms with Crippen LogP contribution in [0.4, 0.5) is 27.5 Å². The molecule has 3 amide bonds. The number of nitro groups is 1. The van der Waals surface area contributed by atoms with Crippen molar-refractivity contribution in [2.45, 2.75) is 0 Å². The summed E-state index contributed by atoms with van der Waals surface area (Å²) in [6.45, 7) is 0. The summed E-state index contributed by atoms with van der Waals surface area (Å²) in [6.07, 6.45) is 0. The number of rotatable bonds is 5. The van der Waals surface area contributed by atoms with Gasteiger partial charge in [0.15, 0.2) is 0 Å². The number of urea groups is 1. The van der Waals surface area contributed by atoms with E-state index >= 15 is 0 Å². The molecular formula is C15H13ClN4O4. The van der Waals surface area contributed by atoms with E-state index in [1.165, 1.54) is 24.3 Å². The minimum atomic E-state index is -0.559. The van der Waals surface area contributed by atoms with E-state index in [4.69, 9.17) is 11.6 Å². The number of anilines is 3. The van der Waals surface area contributed by atoms with Crippen LogP contribution in [0.25, 0.3) is 0 Å². The average Bonchev–Trinajstić information content (AvgIpc) is 2.57. The Hall–Kier alpha value is -3.13. The van der Waals surface area contributed by atoms with Crippen molar-refractivity contribution in [2.75, 3.05) is 21.8 Å². The number of nitrogens with zero attached hydrogens (tertiary/aromatic N) is 1. The Balaban J connectivity index is 2.04. The standard InChI is InChI=1S/C15H13ClN4O4/c16-9-14(21)18-12-3-1-2-4-13(12)19-15(22)17-10-5-7-11(8-6-10)20(23)24/h1-8H,9H2,(H,18,21)(H2,17,19,22). The van der Waals surface area contributed by atoms with Gasteiger partial charge in [-0.05, 0) is 24.3 Å². The second kappa shape index (κ2) is 7.93. The maximum Gasteiger partial charge on any atom is 0.323 e. The molecule has 2 rings (SSSR count). The molecule has 9 heteroatoms. The van der Waals surface area contributed by atoms with Gasteiger partial charge in [0.2, 0.25) is 5.91 Å². The third kappa shape index (κ3) is 4.68. The number of amides is 3. The maximum absolute atomic E-state index is 12.0. The van der Waals surface area contributed by atoms with E-state index in [0.29, 0.717) is 17.1 Å². The second-order valence-corrected chi connectivity index (χ2v) is 4.88. The predicted molar refractivity (Wildman–Crippen MR) is 91.5 cm³/mol. The van der Waals surface area contributed by atoms with Crippen molar-refractivity contribution in [3.05, 3.63) is 58.6 Å². The van der Waals surface area contributed by atoms with Gasteiger partial charge in [-0.25, -0.2) is 4.79 Å². The Morgan fingerprint density at radius 1 is 0.958 bits per heavy atom. The van der Waals surface area contributed by atoms with Crippen LogP contribution in [0.5, 0.6) is 0 Å². The summed E-state index contributed by atoms with van der Waals surface area (Å²) in [7, 11) is 0. The highest BCUT2D eigenvalue weighted by molar-refractivity contribution is 6.29. The van der Waals surface area contributed by atoms with Gasteiger partial charge in [-0.1, -0.05) is 12.1 Å². The summed E-state index contributed by atoms with van der Waals surface area (Å²) in [5.41, 5.74) is 1.10. The third-order valence-corrected chi connectivity index (χ3v) is 3.15. The van der Waals surface area contributed by atoms with Crippen molar-refractivity contribution in [3.63, 3.8) is 0 Å². The van der Waals surface area contributed by atoms with E-state index in [0.717, 1.165) is 0 Å². The van der Waals surface area contributed by atoms with Crippen LogP contribution in [0.1, 0.15) is 0 Å². The molecular weight excluding hydrogens is 336 g/mol. The number of carbonyl (C=O) groups is 2. The zero-order chi connectivity index (χ0) is 17.5. The van der Waals surface area contributed by atoms with Crippen LogP contribution in [0.15, 0.2) is 48.5 Å². The Bertz CT molecular complexity index is 764. The molecule has 24 heavy (non-hydrogen) atoms. The summed E-state index contributed by atoms with van der Waals surface area (Å²) in [5, 5.41) is 18.3. The Kier molecular flexibility index (Phi) is 5.69. The highest BCUT2D eigenvalue weighted by atomic mass is 35.5. The van der Waals surface area contributed by atoms with Crippen molar-refractivity contribution >= 4 is 46.3 Å². The number of halogens is 1. The van der Waals surface area contributed by atoms with Crippen LogP contribution in [0, 0.1) is 10.1 Å². The molecule has 0 bridgehead atoms. The number of nitrogens with one attached hydrogen (secondary N) is 3. The van der Waals surface area contributed by atoms with E-state index in [2.05, 4.69) is 16.0 Å². The quantitative estimate of drug-likeness (QED) is 0.436. The summed E-state index contributed by atoms with van der Waals surface area (Å²) in [5.74, 6) is -0.606. The van der Waals surface area contributed by atoms with Crippen LogP contribution in [-0.4, -0.2) is 22.7 Å². The molecule has 0 saturated heterocycles. The van der Waals surface area contributed by atoms with Gasteiger partial charge in [-0.3, -0.25) is 14.9 Å². The lowest BCUT2D eigenvalue weighted by atomic mass is 10.2. The van der Waals surface area contributed by atoms with Crippen LogP contribution < -0.4 is 16.0 Å². The number of non-ortho nitro benzene ring substituents is 1.